The first-order chi connectivity index (χ1) is 14.0. The van der Waals surface area contributed by atoms with Crippen molar-refractivity contribution in [1.82, 2.24) is 0 Å². The highest BCUT2D eigenvalue weighted by molar-refractivity contribution is 6.22. The smallest absolute Gasteiger partial charge is 0.238 e. The third-order valence-corrected chi connectivity index (χ3v) is 7.54. The van der Waals surface area contributed by atoms with Crippen LogP contribution in [0.2, 0.25) is 0 Å². The molecule has 2 aromatic rings. The van der Waals surface area contributed by atoms with Crippen LogP contribution in [-0.4, -0.2) is 11.8 Å². The molecule has 7 rings (SSSR count). The van der Waals surface area contributed by atoms with Gasteiger partial charge in [0, 0.05) is 0 Å². The Balaban J connectivity index is 1.27. The lowest BCUT2D eigenvalue weighted by Gasteiger charge is -2.37. The summed E-state index contributed by atoms with van der Waals surface area (Å²) in [5.41, 5.74) is 2.93. The highest BCUT2D eigenvalue weighted by Crippen LogP contribution is 2.65. The molecule has 2 saturated carbocycles. The maximum atomic E-state index is 13.2. The number of allylic oxidation sites excluding steroid dienone is 2. The SMILES string of the molecule is Cc1cccc(Oc2ccc(N3C(=O)[C@@H]4[C@H]5C=C[C@@H]([C@@H]6C[C@H]56)[C@H]4C3=O)cc2)c1C. The largest absolute Gasteiger partial charge is 0.457 e. The van der Waals surface area contributed by atoms with E-state index in [2.05, 4.69) is 25.1 Å². The van der Waals surface area contributed by atoms with Gasteiger partial charge < -0.3 is 4.74 Å². The van der Waals surface area contributed by atoms with Crippen LogP contribution in [0.3, 0.4) is 0 Å². The van der Waals surface area contributed by atoms with Crippen molar-refractivity contribution < 1.29 is 14.3 Å². The van der Waals surface area contributed by atoms with Crippen LogP contribution in [0.1, 0.15) is 17.5 Å². The minimum Gasteiger partial charge on any atom is -0.457 e. The van der Waals surface area contributed by atoms with Crippen molar-refractivity contribution in [2.24, 2.45) is 35.5 Å². The molecule has 4 heteroatoms. The molecule has 2 bridgehead atoms. The van der Waals surface area contributed by atoms with Gasteiger partial charge in [-0.15, -0.1) is 0 Å². The van der Waals surface area contributed by atoms with Crippen molar-refractivity contribution in [2.45, 2.75) is 20.3 Å². The fourth-order valence-corrected chi connectivity index (χ4v) is 5.84. The van der Waals surface area contributed by atoms with Gasteiger partial charge in [0.2, 0.25) is 11.8 Å². The van der Waals surface area contributed by atoms with Crippen LogP contribution in [0.5, 0.6) is 11.5 Å². The predicted molar refractivity (Wildman–Crippen MR) is 110 cm³/mol. The van der Waals surface area contributed by atoms with Gasteiger partial charge in [-0.25, -0.2) is 0 Å². The fraction of sp³-hybridized carbons (Fsp3) is 0.360. The number of imide groups is 1. The van der Waals surface area contributed by atoms with Crippen molar-refractivity contribution in [2.75, 3.05) is 4.90 Å². The first-order valence-electron chi connectivity index (χ1n) is 10.4. The summed E-state index contributed by atoms with van der Waals surface area (Å²) in [5.74, 6) is 2.90. The lowest BCUT2D eigenvalue weighted by molar-refractivity contribution is -0.124. The molecule has 0 unspecified atom stereocenters. The van der Waals surface area contributed by atoms with Crippen molar-refractivity contribution in [3.05, 3.63) is 65.7 Å². The Morgan fingerprint density at radius 2 is 1.48 bits per heavy atom. The number of carbonyl (C=O) groups is 2. The van der Waals surface area contributed by atoms with Gasteiger partial charge in [0.1, 0.15) is 11.5 Å². The summed E-state index contributed by atoms with van der Waals surface area (Å²) in [4.78, 5) is 27.8. The number of ether oxygens (including phenoxy) is 1. The van der Waals surface area contributed by atoms with Crippen LogP contribution in [0.25, 0.3) is 0 Å². The van der Waals surface area contributed by atoms with Gasteiger partial charge in [0.15, 0.2) is 0 Å². The lowest BCUT2D eigenvalue weighted by atomic mass is 9.63. The molecule has 2 amide bonds. The van der Waals surface area contributed by atoms with Gasteiger partial charge in [0.05, 0.1) is 17.5 Å². The van der Waals surface area contributed by atoms with E-state index in [-0.39, 0.29) is 35.5 Å². The Morgan fingerprint density at radius 3 is 2.10 bits per heavy atom. The van der Waals surface area contributed by atoms with Gasteiger partial charge in [-0.2, -0.15) is 0 Å². The normalized spacial score (nSPS) is 33.7. The van der Waals surface area contributed by atoms with E-state index in [0.29, 0.717) is 23.3 Å². The van der Waals surface area contributed by atoms with E-state index in [9.17, 15) is 9.59 Å². The van der Waals surface area contributed by atoms with E-state index in [4.69, 9.17) is 4.74 Å². The molecule has 4 aliphatic carbocycles. The molecular weight excluding hydrogens is 362 g/mol. The van der Waals surface area contributed by atoms with Crippen molar-refractivity contribution >= 4 is 17.5 Å². The summed E-state index contributed by atoms with van der Waals surface area (Å²) in [5, 5.41) is 0. The number of hydrogen-bond acceptors (Lipinski definition) is 3. The molecule has 5 aliphatic rings. The zero-order valence-corrected chi connectivity index (χ0v) is 16.5. The molecule has 1 aliphatic heterocycles. The number of benzene rings is 2. The van der Waals surface area contributed by atoms with Crippen LogP contribution in [0.15, 0.2) is 54.6 Å². The molecule has 3 fully saturated rings. The molecule has 0 N–H and O–H groups in total. The van der Waals surface area contributed by atoms with E-state index in [1.807, 2.05) is 43.3 Å². The van der Waals surface area contributed by atoms with Crippen LogP contribution < -0.4 is 9.64 Å². The molecule has 29 heavy (non-hydrogen) atoms. The summed E-state index contributed by atoms with van der Waals surface area (Å²) < 4.78 is 6.02. The molecule has 146 valence electrons. The monoisotopic (exact) mass is 385 g/mol. The molecule has 0 spiro atoms. The van der Waals surface area contributed by atoms with Crippen LogP contribution in [0.4, 0.5) is 5.69 Å². The first kappa shape index (κ1) is 17.0. The summed E-state index contributed by atoms with van der Waals surface area (Å²) in [6.07, 6.45) is 5.59. The number of nitrogens with zero attached hydrogens (tertiary/aromatic N) is 1. The molecule has 0 radical (unpaired) electrons. The average Bonchev–Trinajstić information content (AvgIpc) is 3.50. The number of anilines is 1. The minimum atomic E-state index is -0.160. The van der Waals surface area contributed by atoms with Crippen molar-refractivity contribution in [3.8, 4) is 11.5 Å². The maximum absolute atomic E-state index is 13.2. The van der Waals surface area contributed by atoms with Crippen molar-refractivity contribution in [3.63, 3.8) is 0 Å². The topological polar surface area (TPSA) is 46.6 Å². The number of amides is 2. The Kier molecular flexibility index (Phi) is 3.41. The Labute approximate surface area is 170 Å². The number of carbonyl (C=O) groups excluding carboxylic acids is 2. The van der Waals surface area contributed by atoms with Crippen LogP contribution >= 0.6 is 0 Å². The molecule has 1 saturated heterocycles. The second-order valence-electron chi connectivity index (χ2n) is 8.96. The third kappa shape index (κ3) is 2.32. The lowest BCUT2D eigenvalue weighted by Crippen LogP contribution is -2.40. The molecule has 2 aromatic carbocycles. The summed E-state index contributed by atoms with van der Waals surface area (Å²) >= 11 is 0. The van der Waals surface area contributed by atoms with Crippen molar-refractivity contribution in [1.29, 1.82) is 0 Å². The van der Waals surface area contributed by atoms with Gasteiger partial charge in [-0.3, -0.25) is 14.5 Å². The summed E-state index contributed by atoms with van der Waals surface area (Å²) in [6.45, 7) is 4.09. The van der Waals surface area contributed by atoms with E-state index < -0.39 is 0 Å². The molecule has 6 atom stereocenters. The second-order valence-corrected chi connectivity index (χ2v) is 8.96. The molecule has 1 heterocycles. The predicted octanol–water partition coefficient (Wildman–Crippen LogP) is 4.65. The minimum absolute atomic E-state index is 0.0205. The summed E-state index contributed by atoms with van der Waals surface area (Å²) in [6, 6.07) is 13.3. The number of rotatable bonds is 3. The van der Waals surface area contributed by atoms with Crippen LogP contribution in [-0.2, 0) is 9.59 Å². The molecular formula is C25H23NO3. The van der Waals surface area contributed by atoms with E-state index in [1.165, 1.54) is 16.9 Å². The quantitative estimate of drug-likeness (QED) is 0.571. The highest BCUT2D eigenvalue weighted by atomic mass is 16.5. The standard InChI is InChI=1S/C25H23NO3/c1-13-4-3-5-21(14(13)2)29-16-8-6-15(7-9-16)26-24(27)22-17-10-11-18(20-12-19(17)20)23(22)25(26)28/h3-11,17-20,22-23H,12H2,1-2H3/t17-,18-,19-,20+,22+,23+/m0/s1. The van der Waals surface area contributed by atoms with E-state index >= 15 is 0 Å². The summed E-state index contributed by atoms with van der Waals surface area (Å²) in [7, 11) is 0. The third-order valence-electron chi connectivity index (χ3n) is 7.54. The van der Waals surface area contributed by atoms with Crippen LogP contribution in [0, 0.1) is 49.4 Å². The Hall–Kier alpha value is -2.88. The average molecular weight is 385 g/mol. The number of hydrogen-bond donors (Lipinski definition) is 0. The van der Waals surface area contributed by atoms with E-state index in [1.54, 1.807) is 0 Å². The van der Waals surface area contributed by atoms with Gasteiger partial charge in [-0.1, -0.05) is 24.3 Å². The highest BCUT2D eigenvalue weighted by Gasteiger charge is 2.67. The molecule has 4 nitrogen and oxygen atoms in total. The van der Waals surface area contributed by atoms with Gasteiger partial charge in [-0.05, 0) is 85.4 Å². The zero-order valence-electron chi connectivity index (χ0n) is 16.5. The second kappa shape index (κ2) is 5.82. The molecule has 0 aromatic heterocycles. The first-order valence-corrected chi connectivity index (χ1v) is 10.4. The van der Waals surface area contributed by atoms with Gasteiger partial charge >= 0.3 is 0 Å². The Bertz CT molecular complexity index is 1030. The number of aryl methyl sites for hydroxylation is 1. The van der Waals surface area contributed by atoms with Gasteiger partial charge in [0.25, 0.3) is 0 Å². The Morgan fingerprint density at radius 1 is 0.862 bits per heavy atom. The zero-order chi connectivity index (χ0) is 19.9. The maximum Gasteiger partial charge on any atom is 0.238 e. The van der Waals surface area contributed by atoms with E-state index in [0.717, 1.165) is 11.3 Å². The fourth-order valence-electron chi connectivity index (χ4n) is 5.84.